The van der Waals surface area contributed by atoms with E-state index in [0.29, 0.717) is 36.3 Å². The lowest BCUT2D eigenvalue weighted by Gasteiger charge is -2.28. The fourth-order valence-electron chi connectivity index (χ4n) is 3.54. The van der Waals surface area contributed by atoms with Gasteiger partial charge >= 0.3 is 0 Å². The van der Waals surface area contributed by atoms with Gasteiger partial charge in [0.05, 0.1) is 10.6 Å². The quantitative estimate of drug-likeness (QED) is 0.761. The number of anilines is 1. The maximum atomic E-state index is 13.7. The Bertz CT molecular complexity index is 951. The number of benzene rings is 1. The first-order chi connectivity index (χ1) is 13.6. The third-order valence-electron chi connectivity index (χ3n) is 5.32. The molecule has 6 nitrogen and oxygen atoms in total. The number of halogens is 3. The van der Waals surface area contributed by atoms with Gasteiger partial charge in [0.25, 0.3) is 5.91 Å². The topological polar surface area (TPSA) is 90.0 Å². The van der Waals surface area contributed by atoms with Crippen LogP contribution in [0.2, 0.25) is 0 Å². The van der Waals surface area contributed by atoms with Crippen molar-refractivity contribution in [1.82, 2.24) is 9.78 Å². The Morgan fingerprint density at radius 2 is 2.00 bits per heavy atom. The minimum absolute atomic E-state index is 0.0111. The molecule has 1 unspecified atom stereocenters. The summed E-state index contributed by atoms with van der Waals surface area (Å²) in [5.74, 6) is -3.80. The molecule has 0 bridgehead atoms. The minimum atomic E-state index is -2.62. The van der Waals surface area contributed by atoms with Crippen LogP contribution >= 0.6 is 0 Å². The number of aromatic nitrogens is 2. The molecule has 1 aromatic carbocycles. The van der Waals surface area contributed by atoms with E-state index in [1.165, 1.54) is 12.1 Å². The predicted molar refractivity (Wildman–Crippen MR) is 104 cm³/mol. The van der Waals surface area contributed by atoms with Gasteiger partial charge in [0, 0.05) is 30.6 Å². The zero-order valence-electron chi connectivity index (χ0n) is 16.2. The maximum Gasteiger partial charge on any atom is 0.274 e. The van der Waals surface area contributed by atoms with Crippen LogP contribution in [0.15, 0.2) is 23.1 Å². The molecule has 29 heavy (non-hydrogen) atoms. The van der Waals surface area contributed by atoms with E-state index in [2.05, 4.69) is 10.4 Å². The van der Waals surface area contributed by atoms with Crippen LogP contribution < -0.4 is 10.5 Å². The fourth-order valence-corrected chi connectivity index (χ4v) is 4.05. The van der Waals surface area contributed by atoms with Gasteiger partial charge in [-0.15, -0.1) is 0 Å². The van der Waals surface area contributed by atoms with Crippen molar-refractivity contribution in [2.24, 2.45) is 11.1 Å². The number of alkyl halides is 2. The first-order valence-corrected chi connectivity index (χ1v) is 10.5. The number of nitrogens with one attached hydrogen (secondary N) is 1. The van der Waals surface area contributed by atoms with Gasteiger partial charge < -0.3 is 5.32 Å². The first kappa shape index (κ1) is 21.5. The van der Waals surface area contributed by atoms with E-state index >= 15 is 0 Å². The van der Waals surface area contributed by atoms with Crippen molar-refractivity contribution >= 4 is 22.6 Å². The van der Waals surface area contributed by atoms with Crippen molar-refractivity contribution in [3.05, 3.63) is 41.0 Å². The highest BCUT2D eigenvalue weighted by Crippen LogP contribution is 2.37. The smallest absolute Gasteiger partial charge is 0.274 e. The van der Waals surface area contributed by atoms with Crippen molar-refractivity contribution in [2.75, 3.05) is 5.32 Å². The van der Waals surface area contributed by atoms with E-state index in [9.17, 15) is 22.2 Å². The van der Waals surface area contributed by atoms with Crippen LogP contribution in [-0.4, -0.2) is 25.8 Å². The normalized spacial score (nSPS) is 17.9. The fraction of sp³-hybridized carbons (Fsp3) is 0.474. The number of nitrogens with two attached hydrogens (primary N) is 1. The van der Waals surface area contributed by atoms with Gasteiger partial charge in [0.2, 0.25) is 5.92 Å². The molecule has 1 aromatic heterocycles. The molecule has 1 fully saturated rings. The summed E-state index contributed by atoms with van der Waals surface area (Å²) in [4.78, 5) is 12.7. The van der Waals surface area contributed by atoms with Crippen LogP contribution in [0.4, 0.5) is 18.9 Å². The molecule has 0 spiro atoms. The van der Waals surface area contributed by atoms with Gasteiger partial charge in [-0.05, 0) is 50.8 Å². The number of hydrogen-bond donors (Lipinski definition) is 2. The maximum absolute atomic E-state index is 13.7. The molecule has 0 saturated heterocycles. The Morgan fingerprint density at radius 3 is 2.62 bits per heavy atom. The predicted octanol–water partition coefficient (Wildman–Crippen LogP) is 3.70. The number of hydrogen-bond acceptors (Lipinski definition) is 3. The first-order valence-electron chi connectivity index (χ1n) is 9.26. The van der Waals surface area contributed by atoms with Crippen molar-refractivity contribution in [3.8, 4) is 0 Å². The standard InChI is InChI=1S/C19H23F3N4O2S/c1-11-12(2)25-26(10-13-5-7-19(21,22)8-6-13)17(11)18(27)24-14-3-4-15(20)16(9-14)29(23)28/h3-4,9,13H,5-8,10,23H2,1-2H3,(H,24,27). The van der Waals surface area contributed by atoms with E-state index in [1.54, 1.807) is 18.5 Å². The third-order valence-corrected chi connectivity index (χ3v) is 6.06. The van der Waals surface area contributed by atoms with Gasteiger partial charge in [-0.25, -0.2) is 22.5 Å². The Labute approximate surface area is 169 Å². The highest BCUT2D eigenvalue weighted by atomic mass is 32.2. The molecule has 3 N–H and O–H groups in total. The van der Waals surface area contributed by atoms with E-state index < -0.39 is 28.6 Å². The van der Waals surface area contributed by atoms with Gasteiger partial charge in [0.15, 0.2) is 0 Å². The highest BCUT2D eigenvalue weighted by Gasteiger charge is 2.35. The van der Waals surface area contributed by atoms with Crippen molar-refractivity contribution in [3.63, 3.8) is 0 Å². The van der Waals surface area contributed by atoms with Crippen LogP contribution in [0, 0.1) is 25.6 Å². The molecule has 3 rings (SSSR count). The summed E-state index contributed by atoms with van der Waals surface area (Å²) in [5, 5.41) is 12.3. The van der Waals surface area contributed by atoms with Crippen LogP contribution in [-0.2, 0) is 17.5 Å². The van der Waals surface area contributed by atoms with Gasteiger partial charge in [-0.1, -0.05) is 0 Å². The summed E-state index contributed by atoms with van der Waals surface area (Å²) in [6, 6.07) is 3.64. The minimum Gasteiger partial charge on any atom is -0.321 e. The number of carbonyl (C=O) groups is 1. The average Bonchev–Trinajstić information content (AvgIpc) is 2.92. The molecule has 1 atom stereocenters. The second kappa shape index (κ2) is 8.27. The molecule has 0 radical (unpaired) electrons. The second-order valence-corrected chi connectivity index (χ2v) is 8.47. The van der Waals surface area contributed by atoms with Crippen molar-refractivity contribution in [1.29, 1.82) is 0 Å². The summed E-state index contributed by atoms with van der Waals surface area (Å²) in [5.41, 5.74) is 1.90. The van der Waals surface area contributed by atoms with Crippen LogP contribution in [0.1, 0.15) is 47.4 Å². The second-order valence-electron chi connectivity index (χ2n) is 7.44. The Morgan fingerprint density at radius 1 is 1.34 bits per heavy atom. The van der Waals surface area contributed by atoms with Crippen LogP contribution in [0.5, 0.6) is 0 Å². The molecular formula is C19H23F3N4O2S. The lowest BCUT2D eigenvalue weighted by atomic mass is 9.87. The monoisotopic (exact) mass is 428 g/mol. The molecule has 2 aromatic rings. The average molecular weight is 428 g/mol. The van der Waals surface area contributed by atoms with Gasteiger partial charge in [-0.3, -0.25) is 9.48 Å². The molecule has 1 aliphatic rings. The Hall–Kier alpha value is -2.20. The largest absolute Gasteiger partial charge is 0.321 e. The Balaban J connectivity index is 1.81. The lowest BCUT2D eigenvalue weighted by molar-refractivity contribution is -0.0477. The summed E-state index contributed by atoms with van der Waals surface area (Å²) in [6.45, 7) is 3.90. The number of nitrogens with zero attached hydrogens (tertiary/aromatic N) is 2. The molecule has 1 amide bonds. The highest BCUT2D eigenvalue weighted by molar-refractivity contribution is 7.82. The molecule has 1 saturated carbocycles. The van der Waals surface area contributed by atoms with Gasteiger partial charge in [-0.2, -0.15) is 5.10 Å². The molecule has 0 aliphatic heterocycles. The molecular weight excluding hydrogens is 405 g/mol. The summed E-state index contributed by atoms with van der Waals surface area (Å²) in [7, 11) is -2.03. The molecule has 158 valence electrons. The zero-order chi connectivity index (χ0) is 21.3. The Kier molecular flexibility index (Phi) is 6.13. The van der Waals surface area contributed by atoms with E-state index in [0.717, 1.165) is 6.07 Å². The van der Waals surface area contributed by atoms with Crippen molar-refractivity contribution in [2.45, 2.75) is 56.9 Å². The van der Waals surface area contributed by atoms with Crippen molar-refractivity contribution < 1.29 is 22.2 Å². The number of carbonyl (C=O) groups excluding carboxylic acids is 1. The van der Waals surface area contributed by atoms with E-state index in [1.807, 2.05) is 0 Å². The summed E-state index contributed by atoms with van der Waals surface area (Å²) >= 11 is 0. The molecule has 1 aliphatic carbocycles. The summed E-state index contributed by atoms with van der Waals surface area (Å²) < 4.78 is 53.5. The van der Waals surface area contributed by atoms with Crippen LogP contribution in [0.3, 0.4) is 0 Å². The van der Waals surface area contributed by atoms with E-state index in [-0.39, 0.29) is 29.3 Å². The number of aryl methyl sites for hydroxylation is 1. The van der Waals surface area contributed by atoms with Gasteiger partial charge in [0.1, 0.15) is 22.5 Å². The molecule has 10 heteroatoms. The lowest BCUT2D eigenvalue weighted by Crippen LogP contribution is -2.28. The van der Waals surface area contributed by atoms with Crippen LogP contribution in [0.25, 0.3) is 0 Å². The molecule has 1 heterocycles. The third kappa shape index (κ3) is 4.87. The number of amides is 1. The summed E-state index contributed by atoms with van der Waals surface area (Å²) in [6.07, 6.45) is 0.422. The van der Waals surface area contributed by atoms with E-state index in [4.69, 9.17) is 5.14 Å². The SMILES string of the molecule is Cc1nn(CC2CCC(F)(F)CC2)c(C(=O)Nc2ccc(F)c(S(N)=O)c2)c1C. The zero-order valence-corrected chi connectivity index (χ0v) is 17.0. The number of rotatable bonds is 5.